The molecule has 6 rings (SSSR count). The highest BCUT2D eigenvalue weighted by atomic mass is 28.3. The minimum atomic E-state index is -1.99. The summed E-state index contributed by atoms with van der Waals surface area (Å²) in [7, 11) is -1.99. The highest BCUT2D eigenvalue weighted by molar-refractivity contribution is 6.94. The Hall–Kier alpha value is -3.42. The van der Waals surface area contributed by atoms with Crippen LogP contribution >= 0.6 is 0 Å². The molecule has 0 saturated heterocycles. The molecular weight excluding hydrogens is 605 g/mol. The molecule has 4 aromatic rings. The molecule has 0 saturated carbocycles. The van der Waals surface area contributed by atoms with Gasteiger partial charge in [0, 0.05) is 0 Å². The lowest BCUT2D eigenvalue weighted by molar-refractivity contribution is 0.590. The zero-order chi connectivity index (χ0) is 34.8. The lowest BCUT2D eigenvalue weighted by atomic mass is 9.86. The van der Waals surface area contributed by atoms with Crippen LogP contribution in [-0.4, -0.2) is 8.07 Å². The molecule has 0 fully saturated rings. The van der Waals surface area contributed by atoms with Gasteiger partial charge in [0.15, 0.2) is 0 Å². The van der Waals surface area contributed by atoms with E-state index in [1.807, 2.05) is 0 Å². The van der Waals surface area contributed by atoms with E-state index in [1.54, 1.807) is 10.4 Å². The topological polar surface area (TPSA) is 0 Å². The first kappa shape index (κ1) is 35.4. The summed E-state index contributed by atoms with van der Waals surface area (Å²) in [5, 5.41) is 3.59. The second kappa shape index (κ2) is 14.4. The quantitative estimate of drug-likeness (QED) is 0.104. The SMILES string of the molecule is CCCCC[Si](CCCCC)(C1=Cc2c(cccc2-c2ccc(C(C)(C)C)cc2)C1)C1=Cc2c(cccc2-c2ccc(C(C)(C)C)cc2)C1. The molecule has 0 bridgehead atoms. The maximum atomic E-state index is 2.71. The normalized spacial score (nSPS) is 14.4. The Balaban J connectivity index is 1.44. The number of benzene rings is 4. The molecule has 0 heterocycles. The smallest absolute Gasteiger partial charge is 0.0709 e. The minimum absolute atomic E-state index is 0.161. The van der Waals surface area contributed by atoms with Crippen molar-refractivity contribution in [2.75, 3.05) is 0 Å². The van der Waals surface area contributed by atoms with Gasteiger partial charge < -0.3 is 0 Å². The zero-order valence-electron chi connectivity index (χ0n) is 31.8. The van der Waals surface area contributed by atoms with Gasteiger partial charge in [-0.25, -0.2) is 0 Å². The van der Waals surface area contributed by atoms with Crippen LogP contribution in [0, 0.1) is 0 Å². The fourth-order valence-corrected chi connectivity index (χ4v) is 14.0. The van der Waals surface area contributed by atoms with E-state index in [9.17, 15) is 0 Å². The summed E-state index contributed by atoms with van der Waals surface area (Å²) in [6, 6.07) is 35.8. The predicted molar refractivity (Wildman–Crippen MR) is 219 cm³/mol. The molecule has 0 aliphatic heterocycles. The van der Waals surface area contributed by atoms with Crippen molar-refractivity contribution in [2.45, 2.75) is 130 Å². The van der Waals surface area contributed by atoms with Crippen molar-refractivity contribution >= 4 is 20.2 Å². The van der Waals surface area contributed by atoms with Crippen LogP contribution in [0.5, 0.6) is 0 Å². The Morgan fingerprint density at radius 1 is 0.490 bits per heavy atom. The molecule has 1 heteroatoms. The number of unbranched alkanes of at least 4 members (excludes halogenated alkanes) is 4. The van der Waals surface area contributed by atoms with Crippen molar-refractivity contribution < 1.29 is 0 Å². The molecule has 0 nitrogen and oxygen atoms in total. The highest BCUT2D eigenvalue weighted by Crippen LogP contribution is 2.48. The molecule has 4 aromatic carbocycles. The fraction of sp³-hybridized carbons (Fsp3) is 0.417. The van der Waals surface area contributed by atoms with E-state index in [2.05, 4.69) is 152 Å². The molecular formula is C48H60Si. The first-order valence-corrected chi connectivity index (χ1v) is 21.7. The second-order valence-corrected chi connectivity index (χ2v) is 21.5. The Labute approximate surface area is 299 Å². The lowest BCUT2D eigenvalue weighted by Crippen LogP contribution is -2.40. The standard InChI is InChI=1S/C48H60Si/c1-9-11-13-29-49(30-14-12-10-2,41-31-37-17-15-19-43(45(37)33-41)35-21-25-39(26-22-35)47(3,4)5)42-32-38-18-16-20-44(46(38)34-42)36-23-27-40(28-24-36)48(6,7)8/h15-28,33-34H,9-14,29-32H2,1-8H3. The molecule has 2 aliphatic carbocycles. The lowest BCUT2D eigenvalue weighted by Gasteiger charge is -2.36. The van der Waals surface area contributed by atoms with Gasteiger partial charge in [-0.2, -0.15) is 0 Å². The fourth-order valence-electron chi connectivity index (χ4n) is 8.48. The first-order valence-electron chi connectivity index (χ1n) is 19.3. The highest BCUT2D eigenvalue weighted by Gasteiger charge is 2.43. The molecule has 2 aliphatic rings. The summed E-state index contributed by atoms with van der Waals surface area (Å²) in [5.74, 6) is 0. The van der Waals surface area contributed by atoms with Gasteiger partial charge in [-0.1, -0.05) is 201 Å². The largest absolute Gasteiger partial charge is 0.109 e. The van der Waals surface area contributed by atoms with Crippen molar-refractivity contribution in [3.05, 3.63) is 129 Å². The predicted octanol–water partition coefficient (Wildman–Crippen LogP) is 14.1. The second-order valence-electron chi connectivity index (χ2n) is 17.1. The van der Waals surface area contributed by atoms with E-state index in [1.165, 1.54) is 106 Å². The average Bonchev–Trinajstić information content (AvgIpc) is 3.73. The van der Waals surface area contributed by atoms with Crippen LogP contribution in [0.2, 0.25) is 12.1 Å². The third-order valence-corrected chi connectivity index (χ3v) is 17.1. The van der Waals surface area contributed by atoms with Gasteiger partial charge in [0.2, 0.25) is 0 Å². The van der Waals surface area contributed by atoms with Crippen molar-refractivity contribution in [1.29, 1.82) is 0 Å². The van der Waals surface area contributed by atoms with Gasteiger partial charge in [-0.05, 0) is 91.4 Å². The molecule has 0 aromatic heterocycles. The van der Waals surface area contributed by atoms with Gasteiger partial charge in [0.1, 0.15) is 8.07 Å². The van der Waals surface area contributed by atoms with Gasteiger partial charge in [-0.15, -0.1) is 0 Å². The first-order chi connectivity index (χ1) is 23.4. The Morgan fingerprint density at radius 2 is 0.878 bits per heavy atom. The number of fused-ring (bicyclic) bond motifs is 2. The molecule has 0 unspecified atom stereocenters. The Morgan fingerprint density at radius 3 is 1.22 bits per heavy atom. The van der Waals surface area contributed by atoms with Crippen LogP contribution < -0.4 is 0 Å². The number of hydrogen-bond acceptors (Lipinski definition) is 0. The summed E-state index contributed by atoms with van der Waals surface area (Å²) < 4.78 is 0. The van der Waals surface area contributed by atoms with Gasteiger partial charge in [0.05, 0.1) is 0 Å². The zero-order valence-corrected chi connectivity index (χ0v) is 32.8. The van der Waals surface area contributed by atoms with E-state index < -0.39 is 8.07 Å². The van der Waals surface area contributed by atoms with Crippen LogP contribution in [0.4, 0.5) is 0 Å². The third kappa shape index (κ3) is 7.39. The third-order valence-electron chi connectivity index (χ3n) is 11.6. The molecule has 49 heavy (non-hydrogen) atoms. The number of hydrogen-bond donors (Lipinski definition) is 0. The average molecular weight is 665 g/mol. The van der Waals surface area contributed by atoms with Crippen LogP contribution in [0.25, 0.3) is 34.4 Å². The van der Waals surface area contributed by atoms with Crippen molar-refractivity contribution in [1.82, 2.24) is 0 Å². The maximum Gasteiger partial charge on any atom is 0.109 e. The number of allylic oxidation sites excluding steroid dienone is 2. The van der Waals surface area contributed by atoms with Crippen LogP contribution in [0.1, 0.15) is 127 Å². The van der Waals surface area contributed by atoms with Gasteiger partial charge in [0.25, 0.3) is 0 Å². The van der Waals surface area contributed by atoms with Crippen molar-refractivity contribution in [3.8, 4) is 22.3 Å². The maximum absolute atomic E-state index is 2.71. The van der Waals surface area contributed by atoms with Gasteiger partial charge in [-0.3, -0.25) is 0 Å². The molecule has 0 radical (unpaired) electrons. The van der Waals surface area contributed by atoms with E-state index in [0.29, 0.717) is 0 Å². The van der Waals surface area contributed by atoms with Gasteiger partial charge >= 0.3 is 0 Å². The van der Waals surface area contributed by atoms with Crippen LogP contribution in [0.15, 0.2) is 95.3 Å². The Bertz CT molecular complexity index is 1680. The number of rotatable bonds is 12. The molecule has 256 valence electrons. The van der Waals surface area contributed by atoms with Crippen LogP contribution in [-0.2, 0) is 23.7 Å². The van der Waals surface area contributed by atoms with Crippen molar-refractivity contribution in [3.63, 3.8) is 0 Å². The van der Waals surface area contributed by atoms with E-state index >= 15 is 0 Å². The molecule has 0 spiro atoms. The summed E-state index contributed by atoms with van der Waals surface area (Å²) >= 11 is 0. The van der Waals surface area contributed by atoms with E-state index in [4.69, 9.17) is 0 Å². The summed E-state index contributed by atoms with van der Waals surface area (Å²) in [5.41, 5.74) is 14.7. The summed E-state index contributed by atoms with van der Waals surface area (Å²) in [6.45, 7) is 18.6. The van der Waals surface area contributed by atoms with E-state index in [-0.39, 0.29) is 10.8 Å². The minimum Gasteiger partial charge on any atom is -0.0709 e. The molecule has 0 N–H and O–H groups in total. The summed E-state index contributed by atoms with van der Waals surface area (Å²) in [4.78, 5) is 0. The monoisotopic (exact) mass is 664 g/mol. The van der Waals surface area contributed by atoms with Crippen molar-refractivity contribution in [2.24, 2.45) is 0 Å². The Kier molecular flexibility index (Phi) is 10.4. The molecule has 0 atom stereocenters. The van der Waals surface area contributed by atoms with Crippen LogP contribution in [0.3, 0.4) is 0 Å². The molecule has 0 amide bonds. The summed E-state index contributed by atoms with van der Waals surface area (Å²) in [6.07, 6.45) is 15.6. The van der Waals surface area contributed by atoms with E-state index in [0.717, 1.165) is 12.8 Å².